The first-order chi connectivity index (χ1) is 11.2. The van der Waals surface area contributed by atoms with Gasteiger partial charge < -0.3 is 10.5 Å². The van der Waals surface area contributed by atoms with Crippen LogP contribution in [0, 0.1) is 11.3 Å². The van der Waals surface area contributed by atoms with Crippen molar-refractivity contribution >= 4 is 11.6 Å². The molecule has 1 aliphatic heterocycles. The fourth-order valence-corrected chi connectivity index (χ4v) is 3.41. The molecule has 2 aromatic rings. The van der Waals surface area contributed by atoms with E-state index in [0.717, 1.165) is 30.4 Å². The van der Waals surface area contributed by atoms with E-state index in [4.69, 9.17) is 22.1 Å². The minimum atomic E-state index is -0.154. The van der Waals surface area contributed by atoms with Crippen molar-refractivity contribution in [1.29, 1.82) is 5.26 Å². The monoisotopic (exact) mass is 326 g/mol. The van der Waals surface area contributed by atoms with E-state index < -0.39 is 0 Å². The summed E-state index contributed by atoms with van der Waals surface area (Å²) in [5.41, 5.74) is 9.71. The topological polar surface area (TPSA) is 59.0 Å². The lowest BCUT2D eigenvalue weighted by Crippen LogP contribution is -2.15. The number of rotatable bonds is 2. The summed E-state index contributed by atoms with van der Waals surface area (Å²) in [4.78, 5) is 0. The van der Waals surface area contributed by atoms with Gasteiger partial charge in [-0.25, -0.2) is 0 Å². The van der Waals surface area contributed by atoms with Crippen molar-refractivity contribution in [3.63, 3.8) is 0 Å². The summed E-state index contributed by atoms with van der Waals surface area (Å²) >= 11 is 6.37. The van der Waals surface area contributed by atoms with Crippen LogP contribution in [0.2, 0.25) is 5.02 Å². The van der Waals surface area contributed by atoms with Gasteiger partial charge in [0.1, 0.15) is 17.9 Å². The van der Waals surface area contributed by atoms with E-state index in [2.05, 4.69) is 24.3 Å². The van der Waals surface area contributed by atoms with Gasteiger partial charge >= 0.3 is 0 Å². The van der Waals surface area contributed by atoms with Crippen molar-refractivity contribution in [2.24, 2.45) is 5.73 Å². The molecule has 4 heteroatoms. The van der Waals surface area contributed by atoms with E-state index in [-0.39, 0.29) is 6.10 Å². The number of aryl methyl sites for hydroxylation is 1. The number of nitrogens with zero attached hydrogens (tertiary/aromatic N) is 1. The third-order valence-corrected chi connectivity index (χ3v) is 4.64. The van der Waals surface area contributed by atoms with Crippen LogP contribution in [0.3, 0.4) is 0 Å². The number of ether oxygens (including phenoxy) is 1. The predicted molar refractivity (Wildman–Crippen MR) is 91.7 cm³/mol. The fourth-order valence-electron chi connectivity index (χ4n) is 3.16. The van der Waals surface area contributed by atoms with Gasteiger partial charge in [0.15, 0.2) is 0 Å². The standard InChI is InChI=1S/C19H19ClN2O/c20-17-9-8-14(12-22)19-16(17)7-3-5-13-4-1-2-6-15(13)18(23-19)10-11-21/h1-2,4,6,8-9,18H,3,5,7,10-11,21H2. The number of nitriles is 1. The molecule has 2 N–H and O–H groups in total. The van der Waals surface area contributed by atoms with Crippen LogP contribution in [0.4, 0.5) is 0 Å². The summed E-state index contributed by atoms with van der Waals surface area (Å²) < 4.78 is 6.30. The molecule has 1 unspecified atom stereocenters. The summed E-state index contributed by atoms with van der Waals surface area (Å²) in [6, 6.07) is 14.0. The molecule has 118 valence electrons. The average Bonchev–Trinajstić information content (AvgIpc) is 2.64. The highest BCUT2D eigenvalue weighted by Gasteiger charge is 2.23. The molecule has 1 aliphatic rings. The summed E-state index contributed by atoms with van der Waals surface area (Å²) in [6.07, 6.45) is 3.28. The first kappa shape index (κ1) is 15.9. The van der Waals surface area contributed by atoms with Crippen molar-refractivity contribution in [2.45, 2.75) is 31.8 Å². The minimum absolute atomic E-state index is 0.154. The summed E-state index contributed by atoms with van der Waals surface area (Å²) in [5, 5.41) is 10.1. The maximum Gasteiger partial charge on any atom is 0.142 e. The molecule has 0 amide bonds. The minimum Gasteiger partial charge on any atom is -0.484 e. The van der Waals surface area contributed by atoms with Gasteiger partial charge in [-0.2, -0.15) is 5.26 Å². The molecule has 0 fully saturated rings. The molecule has 0 spiro atoms. The molecule has 0 saturated heterocycles. The zero-order valence-corrected chi connectivity index (χ0v) is 13.6. The van der Waals surface area contributed by atoms with Crippen molar-refractivity contribution in [1.82, 2.24) is 0 Å². The van der Waals surface area contributed by atoms with Crippen LogP contribution in [0.25, 0.3) is 0 Å². The predicted octanol–water partition coefficient (Wildman–Crippen LogP) is 4.17. The van der Waals surface area contributed by atoms with E-state index in [1.54, 1.807) is 12.1 Å². The van der Waals surface area contributed by atoms with Crippen molar-refractivity contribution in [2.75, 3.05) is 6.54 Å². The van der Waals surface area contributed by atoms with Crippen LogP contribution >= 0.6 is 11.6 Å². The van der Waals surface area contributed by atoms with Gasteiger partial charge in [-0.1, -0.05) is 35.9 Å². The Kier molecular flexibility index (Phi) is 4.85. The Labute approximate surface area is 141 Å². The molecule has 3 nitrogen and oxygen atoms in total. The van der Waals surface area contributed by atoms with Crippen LogP contribution in [0.1, 0.15) is 41.2 Å². The normalized spacial score (nSPS) is 16.8. The van der Waals surface area contributed by atoms with Gasteiger partial charge in [-0.3, -0.25) is 0 Å². The van der Waals surface area contributed by atoms with Gasteiger partial charge in [0, 0.05) is 17.0 Å². The highest BCUT2D eigenvalue weighted by atomic mass is 35.5. The van der Waals surface area contributed by atoms with Gasteiger partial charge in [0.2, 0.25) is 0 Å². The average molecular weight is 327 g/mol. The Morgan fingerprint density at radius 1 is 1.22 bits per heavy atom. The van der Waals surface area contributed by atoms with Gasteiger partial charge in [-0.05, 0) is 49.1 Å². The van der Waals surface area contributed by atoms with Gasteiger partial charge in [0.25, 0.3) is 0 Å². The molecular weight excluding hydrogens is 308 g/mol. The number of hydrogen-bond acceptors (Lipinski definition) is 3. The molecule has 0 aromatic heterocycles. The lowest BCUT2D eigenvalue weighted by Gasteiger charge is -2.23. The SMILES string of the molecule is N#Cc1ccc(Cl)c2c1OC(CCN)c1ccccc1CCC2. The van der Waals surface area contributed by atoms with Crippen LogP contribution in [-0.4, -0.2) is 6.54 Å². The zero-order chi connectivity index (χ0) is 16.2. The second-order valence-corrected chi connectivity index (χ2v) is 6.16. The molecule has 2 aromatic carbocycles. The Bertz CT molecular complexity index is 752. The van der Waals surface area contributed by atoms with E-state index >= 15 is 0 Å². The summed E-state index contributed by atoms with van der Waals surface area (Å²) in [6.45, 7) is 0.525. The van der Waals surface area contributed by atoms with Crippen LogP contribution < -0.4 is 10.5 Å². The van der Waals surface area contributed by atoms with E-state index in [1.807, 2.05) is 6.07 Å². The smallest absolute Gasteiger partial charge is 0.142 e. The maximum absolute atomic E-state index is 9.43. The lowest BCUT2D eigenvalue weighted by atomic mass is 9.96. The number of halogens is 1. The molecular formula is C19H19ClN2O. The second-order valence-electron chi connectivity index (χ2n) is 5.75. The molecule has 3 rings (SSSR count). The van der Waals surface area contributed by atoms with Crippen molar-refractivity contribution in [3.8, 4) is 11.8 Å². The highest BCUT2D eigenvalue weighted by molar-refractivity contribution is 6.31. The molecule has 1 heterocycles. The lowest BCUT2D eigenvalue weighted by molar-refractivity contribution is 0.195. The van der Waals surface area contributed by atoms with Crippen molar-refractivity contribution in [3.05, 3.63) is 63.7 Å². The van der Waals surface area contributed by atoms with Crippen LogP contribution in [0.15, 0.2) is 36.4 Å². The Balaban J connectivity index is 2.13. The van der Waals surface area contributed by atoms with Gasteiger partial charge in [0.05, 0.1) is 5.56 Å². The first-order valence-electron chi connectivity index (χ1n) is 7.90. The maximum atomic E-state index is 9.43. The Morgan fingerprint density at radius 2 is 2.04 bits per heavy atom. The molecule has 1 atom stereocenters. The Morgan fingerprint density at radius 3 is 2.83 bits per heavy atom. The number of nitrogens with two attached hydrogens (primary N) is 1. The summed E-state index contributed by atoms with van der Waals surface area (Å²) in [5.74, 6) is 0.621. The quantitative estimate of drug-likeness (QED) is 0.901. The van der Waals surface area contributed by atoms with Crippen molar-refractivity contribution < 1.29 is 4.74 Å². The molecule has 23 heavy (non-hydrogen) atoms. The first-order valence-corrected chi connectivity index (χ1v) is 8.28. The molecule has 0 aliphatic carbocycles. The Hall–Kier alpha value is -2.02. The fraction of sp³-hybridized carbons (Fsp3) is 0.316. The summed E-state index contributed by atoms with van der Waals surface area (Å²) in [7, 11) is 0. The number of hydrogen-bond donors (Lipinski definition) is 1. The van der Waals surface area contributed by atoms with Gasteiger partial charge in [-0.15, -0.1) is 0 Å². The molecule has 0 saturated carbocycles. The number of benzene rings is 2. The largest absolute Gasteiger partial charge is 0.484 e. The van der Waals surface area contributed by atoms with Crippen LogP contribution in [-0.2, 0) is 12.8 Å². The van der Waals surface area contributed by atoms with E-state index in [1.165, 1.54) is 5.56 Å². The zero-order valence-electron chi connectivity index (χ0n) is 12.9. The van der Waals surface area contributed by atoms with E-state index in [9.17, 15) is 5.26 Å². The highest BCUT2D eigenvalue weighted by Crippen LogP contribution is 2.38. The number of fused-ring (bicyclic) bond motifs is 2. The van der Waals surface area contributed by atoms with Crippen LogP contribution in [0.5, 0.6) is 5.75 Å². The third-order valence-electron chi connectivity index (χ3n) is 4.29. The third kappa shape index (κ3) is 3.19. The van der Waals surface area contributed by atoms with E-state index in [0.29, 0.717) is 29.3 Å². The molecule has 0 radical (unpaired) electrons. The second kappa shape index (κ2) is 7.04. The molecule has 0 bridgehead atoms.